The molecule has 136 valence electrons. The van der Waals surface area contributed by atoms with Crippen LogP contribution in [0.5, 0.6) is 11.5 Å². The molecule has 0 spiro atoms. The van der Waals surface area contributed by atoms with E-state index in [1.165, 1.54) is 18.4 Å². The Morgan fingerprint density at radius 3 is 2.60 bits per heavy atom. The number of benzene rings is 1. The Morgan fingerprint density at radius 2 is 1.92 bits per heavy atom. The van der Waals surface area contributed by atoms with Crippen LogP contribution in [0.1, 0.15) is 50.3 Å². The fourth-order valence-electron chi connectivity index (χ4n) is 2.81. The Kier molecular flexibility index (Phi) is 8.26. The van der Waals surface area contributed by atoms with E-state index in [0.717, 1.165) is 36.6 Å². The average molecular weight is 342 g/mol. The van der Waals surface area contributed by atoms with Gasteiger partial charge in [0.15, 0.2) is 11.5 Å². The van der Waals surface area contributed by atoms with Crippen molar-refractivity contribution in [3.63, 3.8) is 0 Å². The largest absolute Gasteiger partial charge is 0.490 e. The van der Waals surface area contributed by atoms with Crippen molar-refractivity contribution in [3.05, 3.63) is 53.9 Å². The van der Waals surface area contributed by atoms with E-state index in [9.17, 15) is 0 Å². The molecule has 0 saturated heterocycles. The van der Waals surface area contributed by atoms with Gasteiger partial charge in [-0.15, -0.1) is 0 Å². The van der Waals surface area contributed by atoms with Gasteiger partial charge in [-0.3, -0.25) is 4.98 Å². The molecule has 1 heterocycles. The molecule has 4 heteroatoms. The van der Waals surface area contributed by atoms with E-state index in [1.807, 2.05) is 37.4 Å². The van der Waals surface area contributed by atoms with Gasteiger partial charge in [0.1, 0.15) is 0 Å². The molecule has 2 rings (SSSR count). The standard InChI is InChI=1S/C21H30N2O2/c1-3-5-8-13-25-20-11-10-17(15-21(20)24-4-2)14-18(16-22)19-9-6-7-12-23-19/h6-7,9-12,15,18H,3-5,8,13-14,16,22H2,1-2H3. The highest BCUT2D eigenvalue weighted by atomic mass is 16.5. The molecular formula is C21H30N2O2. The Morgan fingerprint density at radius 1 is 1.04 bits per heavy atom. The van der Waals surface area contributed by atoms with Gasteiger partial charge in [-0.1, -0.05) is 31.9 Å². The highest BCUT2D eigenvalue weighted by molar-refractivity contribution is 5.43. The third-order valence-corrected chi connectivity index (χ3v) is 4.19. The molecule has 1 atom stereocenters. The lowest BCUT2D eigenvalue weighted by molar-refractivity contribution is 0.271. The Balaban J connectivity index is 2.08. The van der Waals surface area contributed by atoms with E-state index in [1.54, 1.807) is 0 Å². The van der Waals surface area contributed by atoms with E-state index in [-0.39, 0.29) is 5.92 Å². The summed E-state index contributed by atoms with van der Waals surface area (Å²) < 4.78 is 11.7. The molecule has 0 fully saturated rings. The summed E-state index contributed by atoms with van der Waals surface area (Å²) >= 11 is 0. The first-order valence-electron chi connectivity index (χ1n) is 9.28. The van der Waals surface area contributed by atoms with Crippen LogP contribution >= 0.6 is 0 Å². The second kappa shape index (κ2) is 10.7. The molecule has 1 unspecified atom stereocenters. The van der Waals surface area contributed by atoms with Crippen molar-refractivity contribution in [2.75, 3.05) is 19.8 Å². The van der Waals surface area contributed by atoms with Gasteiger partial charge in [0.25, 0.3) is 0 Å². The lowest BCUT2D eigenvalue weighted by Gasteiger charge is -2.17. The van der Waals surface area contributed by atoms with Gasteiger partial charge in [0, 0.05) is 24.4 Å². The molecule has 0 aliphatic rings. The Labute approximate surface area is 151 Å². The number of hydrogen-bond donors (Lipinski definition) is 1. The minimum atomic E-state index is 0.201. The number of ether oxygens (including phenoxy) is 2. The summed E-state index contributed by atoms with van der Waals surface area (Å²) in [6.07, 6.45) is 6.10. The second-order valence-electron chi connectivity index (χ2n) is 6.16. The van der Waals surface area contributed by atoms with Crippen molar-refractivity contribution in [1.82, 2.24) is 4.98 Å². The quantitative estimate of drug-likeness (QED) is 0.617. The van der Waals surface area contributed by atoms with E-state index < -0.39 is 0 Å². The highest BCUT2D eigenvalue weighted by Gasteiger charge is 2.14. The third-order valence-electron chi connectivity index (χ3n) is 4.19. The summed E-state index contributed by atoms with van der Waals surface area (Å²) in [7, 11) is 0. The summed E-state index contributed by atoms with van der Waals surface area (Å²) in [6, 6.07) is 12.1. The van der Waals surface area contributed by atoms with Crippen LogP contribution in [0.15, 0.2) is 42.6 Å². The van der Waals surface area contributed by atoms with Crippen molar-refractivity contribution in [1.29, 1.82) is 0 Å². The fourth-order valence-corrected chi connectivity index (χ4v) is 2.81. The third kappa shape index (κ3) is 6.05. The van der Waals surface area contributed by atoms with E-state index in [0.29, 0.717) is 13.2 Å². The molecule has 4 nitrogen and oxygen atoms in total. The van der Waals surface area contributed by atoms with Crippen molar-refractivity contribution in [2.24, 2.45) is 5.73 Å². The molecular weight excluding hydrogens is 312 g/mol. The topological polar surface area (TPSA) is 57.4 Å². The van der Waals surface area contributed by atoms with Crippen LogP contribution in [0.3, 0.4) is 0 Å². The fraction of sp³-hybridized carbons (Fsp3) is 0.476. The highest BCUT2D eigenvalue weighted by Crippen LogP contribution is 2.30. The number of rotatable bonds is 11. The first-order valence-corrected chi connectivity index (χ1v) is 9.28. The normalized spacial score (nSPS) is 12.0. The van der Waals surface area contributed by atoms with Gasteiger partial charge in [-0.2, -0.15) is 0 Å². The van der Waals surface area contributed by atoms with Crippen molar-refractivity contribution in [3.8, 4) is 11.5 Å². The van der Waals surface area contributed by atoms with Crippen LogP contribution in [-0.2, 0) is 6.42 Å². The van der Waals surface area contributed by atoms with Crippen molar-refractivity contribution in [2.45, 2.75) is 45.4 Å². The first-order chi connectivity index (χ1) is 12.3. The zero-order chi connectivity index (χ0) is 17.9. The van der Waals surface area contributed by atoms with Gasteiger partial charge >= 0.3 is 0 Å². The molecule has 0 aliphatic heterocycles. The first kappa shape index (κ1) is 19.3. The molecule has 1 aromatic carbocycles. The molecule has 0 bridgehead atoms. The maximum absolute atomic E-state index is 5.98. The van der Waals surface area contributed by atoms with Gasteiger partial charge < -0.3 is 15.2 Å². The van der Waals surface area contributed by atoms with Gasteiger partial charge in [-0.05, 0) is 49.6 Å². The summed E-state index contributed by atoms with van der Waals surface area (Å²) in [5, 5.41) is 0. The maximum atomic E-state index is 5.98. The van der Waals surface area contributed by atoms with Crippen LogP contribution in [0, 0.1) is 0 Å². The monoisotopic (exact) mass is 342 g/mol. The van der Waals surface area contributed by atoms with Crippen LogP contribution < -0.4 is 15.2 Å². The lowest BCUT2D eigenvalue weighted by Crippen LogP contribution is -2.16. The molecule has 0 amide bonds. The molecule has 2 aromatic rings. The van der Waals surface area contributed by atoms with E-state index in [2.05, 4.69) is 24.0 Å². The number of aromatic nitrogens is 1. The Bertz CT molecular complexity index is 617. The van der Waals surface area contributed by atoms with E-state index >= 15 is 0 Å². The summed E-state index contributed by atoms with van der Waals surface area (Å²) in [6.45, 7) is 6.10. The molecule has 0 radical (unpaired) electrons. The van der Waals surface area contributed by atoms with E-state index in [4.69, 9.17) is 15.2 Å². The predicted octanol–water partition coefficient (Wildman–Crippen LogP) is 4.33. The Hall–Kier alpha value is -2.07. The maximum Gasteiger partial charge on any atom is 0.161 e. The predicted molar refractivity (Wildman–Crippen MR) is 102 cm³/mol. The van der Waals surface area contributed by atoms with Crippen molar-refractivity contribution >= 4 is 0 Å². The summed E-state index contributed by atoms with van der Waals surface area (Å²) in [5.74, 6) is 1.84. The summed E-state index contributed by atoms with van der Waals surface area (Å²) in [5.41, 5.74) is 8.19. The van der Waals surface area contributed by atoms with Gasteiger partial charge in [0.05, 0.1) is 13.2 Å². The summed E-state index contributed by atoms with van der Waals surface area (Å²) in [4.78, 5) is 4.44. The minimum Gasteiger partial charge on any atom is -0.490 e. The lowest BCUT2D eigenvalue weighted by atomic mass is 9.95. The number of pyridine rings is 1. The smallest absolute Gasteiger partial charge is 0.161 e. The number of nitrogens with zero attached hydrogens (tertiary/aromatic N) is 1. The van der Waals surface area contributed by atoms with Crippen LogP contribution in [0.2, 0.25) is 0 Å². The van der Waals surface area contributed by atoms with Gasteiger partial charge in [0.2, 0.25) is 0 Å². The van der Waals surface area contributed by atoms with Gasteiger partial charge in [-0.25, -0.2) is 0 Å². The van der Waals surface area contributed by atoms with Crippen LogP contribution in [0.4, 0.5) is 0 Å². The molecule has 25 heavy (non-hydrogen) atoms. The molecule has 1 aromatic heterocycles. The van der Waals surface area contributed by atoms with Crippen LogP contribution in [0.25, 0.3) is 0 Å². The number of hydrogen-bond acceptors (Lipinski definition) is 4. The van der Waals surface area contributed by atoms with Crippen molar-refractivity contribution < 1.29 is 9.47 Å². The number of nitrogens with two attached hydrogens (primary N) is 1. The average Bonchev–Trinajstić information content (AvgIpc) is 2.65. The molecule has 0 aliphatic carbocycles. The molecule has 0 saturated carbocycles. The van der Waals surface area contributed by atoms with Crippen LogP contribution in [-0.4, -0.2) is 24.7 Å². The molecule has 2 N–H and O–H groups in total. The number of unbranched alkanes of at least 4 members (excludes halogenated alkanes) is 2. The second-order valence-corrected chi connectivity index (χ2v) is 6.16. The SMILES string of the molecule is CCCCCOc1ccc(CC(CN)c2ccccn2)cc1OCC. The zero-order valence-corrected chi connectivity index (χ0v) is 15.4. The zero-order valence-electron chi connectivity index (χ0n) is 15.4. The minimum absolute atomic E-state index is 0.201.